The van der Waals surface area contributed by atoms with Gasteiger partial charge in [-0.3, -0.25) is 4.79 Å². The lowest BCUT2D eigenvalue weighted by Gasteiger charge is -2.42. The van der Waals surface area contributed by atoms with Crippen LogP contribution >= 0.6 is 0 Å². The summed E-state index contributed by atoms with van der Waals surface area (Å²) in [6, 6.07) is 13.4. The van der Waals surface area contributed by atoms with Gasteiger partial charge in [0.2, 0.25) is 5.91 Å². The van der Waals surface area contributed by atoms with Crippen LogP contribution < -0.4 is 4.90 Å². The van der Waals surface area contributed by atoms with Gasteiger partial charge in [0, 0.05) is 17.8 Å². The van der Waals surface area contributed by atoms with Gasteiger partial charge >= 0.3 is 0 Å². The predicted molar refractivity (Wildman–Crippen MR) is 106 cm³/mol. The van der Waals surface area contributed by atoms with Crippen molar-refractivity contribution in [1.29, 1.82) is 0 Å². The largest absolute Gasteiger partial charge is 0.361 e. The molecule has 0 unspecified atom stereocenters. The van der Waals surface area contributed by atoms with E-state index in [1.807, 2.05) is 11.0 Å². The maximum Gasteiger partial charge on any atom is 0.227 e. The molecule has 0 radical (unpaired) electrons. The minimum Gasteiger partial charge on any atom is -0.361 e. The van der Waals surface area contributed by atoms with Crippen LogP contribution in [0.3, 0.4) is 0 Å². The number of amides is 1. The highest BCUT2D eigenvalue weighted by Crippen LogP contribution is 2.43. The van der Waals surface area contributed by atoms with Gasteiger partial charge in [-0.25, -0.2) is 8.78 Å². The minimum atomic E-state index is -0.336. The Balaban J connectivity index is 1.60. The first kappa shape index (κ1) is 18.9. The Morgan fingerprint density at radius 2 is 1.89 bits per heavy atom. The van der Waals surface area contributed by atoms with Gasteiger partial charge in [-0.05, 0) is 62.9 Å². The van der Waals surface area contributed by atoms with Gasteiger partial charge in [0.1, 0.15) is 11.6 Å². The average Bonchev–Trinajstić information content (AvgIpc) is 2.93. The van der Waals surface area contributed by atoms with Crippen molar-refractivity contribution in [3.63, 3.8) is 0 Å². The molecule has 0 saturated carbocycles. The summed E-state index contributed by atoms with van der Waals surface area (Å²) in [6.45, 7) is 4.99. The lowest BCUT2D eigenvalue weighted by atomic mass is 9.93. The molecule has 2 heterocycles. The van der Waals surface area contributed by atoms with Crippen LogP contribution in [0, 0.1) is 11.6 Å². The van der Waals surface area contributed by atoms with Crippen LogP contribution in [0.1, 0.15) is 38.7 Å². The molecule has 0 spiro atoms. The Morgan fingerprint density at radius 1 is 1.11 bits per heavy atom. The Morgan fingerprint density at radius 3 is 2.64 bits per heavy atom. The smallest absolute Gasteiger partial charge is 0.227 e. The van der Waals surface area contributed by atoms with Crippen molar-refractivity contribution in [2.75, 3.05) is 11.4 Å². The zero-order chi connectivity index (χ0) is 19.9. The second kappa shape index (κ2) is 7.19. The zero-order valence-corrected chi connectivity index (χ0v) is 16.4. The second-order valence-electron chi connectivity index (χ2n) is 8.50. The Bertz CT molecular complexity index is 882. The van der Waals surface area contributed by atoms with Crippen molar-refractivity contribution in [3.05, 3.63) is 65.7 Å². The van der Waals surface area contributed by atoms with Gasteiger partial charge in [-0.1, -0.05) is 24.3 Å². The summed E-state index contributed by atoms with van der Waals surface area (Å²) >= 11 is 0. The molecule has 5 heteroatoms. The average molecular weight is 384 g/mol. The van der Waals surface area contributed by atoms with E-state index in [0.717, 1.165) is 24.9 Å². The molecule has 4 rings (SSSR count). The maximum atomic E-state index is 14.0. The van der Waals surface area contributed by atoms with Crippen LogP contribution in [0.5, 0.6) is 0 Å². The highest BCUT2D eigenvalue weighted by Gasteiger charge is 2.50. The first-order chi connectivity index (χ1) is 13.4. The van der Waals surface area contributed by atoms with Crippen LogP contribution in [0.25, 0.3) is 0 Å². The molecule has 0 N–H and O–H groups in total. The molecule has 0 bridgehead atoms. The van der Waals surface area contributed by atoms with E-state index >= 15 is 0 Å². The molecule has 2 aliphatic heterocycles. The number of piperidine rings is 1. The number of fused-ring (bicyclic) bond motifs is 1. The lowest BCUT2D eigenvalue weighted by molar-refractivity contribution is -0.134. The Hall–Kier alpha value is -2.43. The van der Waals surface area contributed by atoms with E-state index in [-0.39, 0.29) is 41.6 Å². The van der Waals surface area contributed by atoms with E-state index in [2.05, 4.69) is 18.7 Å². The number of carbonyl (C=O) groups is 1. The van der Waals surface area contributed by atoms with Gasteiger partial charge in [0.05, 0.1) is 18.5 Å². The molecule has 0 aliphatic carbocycles. The predicted octanol–water partition coefficient (Wildman–Crippen LogP) is 4.56. The number of anilines is 1. The molecule has 148 valence electrons. The van der Waals surface area contributed by atoms with Crippen LogP contribution in [-0.4, -0.2) is 35.0 Å². The number of hydrogen-bond acceptors (Lipinski definition) is 2. The fourth-order valence-electron chi connectivity index (χ4n) is 5.03. The number of carbonyl (C=O) groups excluding carboxylic acids is 1. The number of halogens is 2. The summed E-state index contributed by atoms with van der Waals surface area (Å²) in [5.41, 5.74) is 1.11. The zero-order valence-electron chi connectivity index (χ0n) is 16.4. The first-order valence-electron chi connectivity index (χ1n) is 9.94. The topological polar surface area (TPSA) is 23.6 Å². The molecule has 2 atom stereocenters. The van der Waals surface area contributed by atoms with Gasteiger partial charge < -0.3 is 9.80 Å². The number of likely N-dealkylation sites (tertiary alicyclic amines) is 1. The third-order valence-corrected chi connectivity index (χ3v) is 6.14. The van der Waals surface area contributed by atoms with Crippen molar-refractivity contribution in [3.8, 4) is 0 Å². The molecule has 2 saturated heterocycles. The molecule has 2 aromatic carbocycles. The Kier molecular flexibility index (Phi) is 4.86. The normalized spacial score (nSPS) is 23.6. The first-order valence-corrected chi connectivity index (χ1v) is 9.94. The van der Waals surface area contributed by atoms with E-state index in [1.165, 1.54) is 12.1 Å². The molecule has 3 nitrogen and oxygen atoms in total. The van der Waals surface area contributed by atoms with Gasteiger partial charge in [-0.15, -0.1) is 0 Å². The third-order valence-electron chi connectivity index (χ3n) is 6.14. The summed E-state index contributed by atoms with van der Waals surface area (Å²) in [5, 5.41) is 0. The monoisotopic (exact) mass is 384 g/mol. The number of rotatable bonds is 3. The molecular formula is C23H26F2N2O. The van der Waals surface area contributed by atoms with Crippen LogP contribution in [0.4, 0.5) is 14.5 Å². The highest BCUT2D eigenvalue weighted by atomic mass is 19.1. The quantitative estimate of drug-likeness (QED) is 0.775. The Labute approximate surface area is 165 Å². The van der Waals surface area contributed by atoms with Crippen LogP contribution in [-0.2, 0) is 11.2 Å². The summed E-state index contributed by atoms with van der Waals surface area (Å²) in [7, 11) is 0. The van der Waals surface area contributed by atoms with Crippen LogP contribution in [0.15, 0.2) is 48.5 Å². The SMILES string of the molecule is CC1(C)C[C@H]2[C@H](CCCN2C(=O)Cc2ccccc2F)N1c1cccc(F)c1. The molecule has 2 fully saturated rings. The summed E-state index contributed by atoms with van der Waals surface area (Å²) in [6.07, 6.45) is 2.76. The van der Waals surface area contributed by atoms with E-state index in [4.69, 9.17) is 0 Å². The fourth-order valence-corrected chi connectivity index (χ4v) is 5.03. The molecule has 2 aliphatic rings. The standard InChI is InChI=1S/C23H26F2N2O/c1-23(2)15-21-20(27(23)18-9-5-8-17(24)14-18)11-6-12-26(21)22(28)13-16-7-3-4-10-19(16)25/h3-5,7-10,14,20-21H,6,11-13,15H2,1-2H3/t20-,21-/m0/s1. The third kappa shape index (κ3) is 3.38. The van der Waals surface area contributed by atoms with Gasteiger partial charge in [-0.2, -0.15) is 0 Å². The van der Waals surface area contributed by atoms with Gasteiger partial charge in [0.15, 0.2) is 0 Å². The fraction of sp³-hybridized carbons (Fsp3) is 0.435. The molecule has 2 aromatic rings. The lowest BCUT2D eigenvalue weighted by Crippen LogP contribution is -2.53. The number of benzene rings is 2. The molecule has 28 heavy (non-hydrogen) atoms. The summed E-state index contributed by atoms with van der Waals surface area (Å²) in [4.78, 5) is 17.3. The molecule has 0 aromatic heterocycles. The highest BCUT2D eigenvalue weighted by molar-refractivity contribution is 5.79. The molecule has 1 amide bonds. The van der Waals surface area contributed by atoms with Crippen molar-refractivity contribution >= 4 is 11.6 Å². The summed E-state index contributed by atoms with van der Waals surface area (Å²) in [5.74, 6) is -0.616. The van der Waals surface area contributed by atoms with Crippen LogP contribution in [0.2, 0.25) is 0 Å². The number of nitrogens with zero attached hydrogens (tertiary/aromatic N) is 2. The van der Waals surface area contributed by atoms with E-state index < -0.39 is 0 Å². The van der Waals surface area contributed by atoms with E-state index in [9.17, 15) is 13.6 Å². The number of hydrogen-bond donors (Lipinski definition) is 0. The van der Waals surface area contributed by atoms with Crippen molar-refractivity contribution in [2.45, 2.75) is 57.2 Å². The van der Waals surface area contributed by atoms with Crippen molar-refractivity contribution in [1.82, 2.24) is 4.90 Å². The van der Waals surface area contributed by atoms with Crippen molar-refractivity contribution in [2.24, 2.45) is 0 Å². The second-order valence-corrected chi connectivity index (χ2v) is 8.50. The van der Waals surface area contributed by atoms with E-state index in [0.29, 0.717) is 12.1 Å². The minimum absolute atomic E-state index is 0.0308. The van der Waals surface area contributed by atoms with E-state index in [1.54, 1.807) is 30.3 Å². The van der Waals surface area contributed by atoms with Crippen molar-refractivity contribution < 1.29 is 13.6 Å². The molecular weight excluding hydrogens is 358 g/mol. The maximum absolute atomic E-state index is 14.0. The van der Waals surface area contributed by atoms with Gasteiger partial charge in [0.25, 0.3) is 0 Å². The summed E-state index contributed by atoms with van der Waals surface area (Å²) < 4.78 is 27.9.